The molecular formula is C18H37NO5S. The predicted octanol–water partition coefficient (Wildman–Crippen LogP) is 4.53. The number of unbranched alkanes of at least 4 members (excludes halogenated alkanes) is 10. The summed E-state index contributed by atoms with van der Waals surface area (Å²) in [7, 11) is -4.37. The maximum absolute atomic E-state index is 10.9. The molecule has 0 aliphatic carbocycles. The van der Waals surface area contributed by atoms with Crippen molar-refractivity contribution >= 4 is 16.3 Å². The van der Waals surface area contributed by atoms with E-state index in [1.54, 1.807) is 0 Å². The topological polar surface area (TPSA) is 107 Å². The molecule has 0 aromatic heterocycles. The van der Waals surface area contributed by atoms with Crippen LogP contribution in [0, 0.1) is 0 Å². The van der Waals surface area contributed by atoms with Crippen LogP contribution < -0.4 is 5.73 Å². The summed E-state index contributed by atoms with van der Waals surface area (Å²) < 4.78 is 35.6. The fourth-order valence-electron chi connectivity index (χ4n) is 2.94. The summed E-state index contributed by atoms with van der Waals surface area (Å²) in [6, 6.07) is 0. The molecule has 25 heavy (non-hydrogen) atoms. The number of rotatable bonds is 18. The molecule has 0 radical (unpaired) electrons. The Morgan fingerprint density at radius 2 is 1.32 bits per heavy atom. The number of nitrogens with two attached hydrogens (primary N) is 1. The van der Waals surface area contributed by atoms with E-state index in [0.717, 1.165) is 77.0 Å². The first kappa shape index (κ1) is 24.3. The van der Waals surface area contributed by atoms with Gasteiger partial charge in [0, 0.05) is 6.42 Å². The van der Waals surface area contributed by atoms with Crippen LogP contribution >= 0.6 is 0 Å². The summed E-state index contributed by atoms with van der Waals surface area (Å²) in [5.74, 6) is -0.226. The minimum atomic E-state index is -4.37. The molecule has 150 valence electrons. The van der Waals surface area contributed by atoms with Crippen LogP contribution in [0.1, 0.15) is 103 Å². The first-order valence-electron chi connectivity index (χ1n) is 9.79. The van der Waals surface area contributed by atoms with Gasteiger partial charge in [0.1, 0.15) is 0 Å². The Bertz CT molecular complexity index is 425. The van der Waals surface area contributed by atoms with Gasteiger partial charge in [-0.15, -0.1) is 0 Å². The third-order valence-corrected chi connectivity index (χ3v) is 4.85. The minimum Gasteiger partial charge on any atom is -0.370 e. The van der Waals surface area contributed by atoms with E-state index in [1.165, 1.54) is 0 Å². The molecule has 1 unspecified atom stereocenters. The fourth-order valence-corrected chi connectivity index (χ4v) is 3.48. The van der Waals surface area contributed by atoms with E-state index in [1.807, 2.05) is 0 Å². The molecule has 6 nitrogen and oxygen atoms in total. The maximum atomic E-state index is 10.9. The summed E-state index contributed by atoms with van der Waals surface area (Å²) in [6.45, 7) is 2.13. The monoisotopic (exact) mass is 379 g/mol. The predicted molar refractivity (Wildman–Crippen MR) is 101 cm³/mol. The molecule has 0 saturated carbocycles. The van der Waals surface area contributed by atoms with Gasteiger partial charge in [-0.2, -0.15) is 8.42 Å². The lowest BCUT2D eigenvalue weighted by molar-refractivity contribution is -0.118. The Kier molecular flexibility index (Phi) is 15.2. The summed E-state index contributed by atoms with van der Waals surface area (Å²) in [4.78, 5) is 10.6. The second-order valence-corrected chi connectivity index (χ2v) is 7.88. The molecule has 0 heterocycles. The van der Waals surface area contributed by atoms with E-state index in [-0.39, 0.29) is 5.91 Å². The zero-order chi connectivity index (χ0) is 19.0. The number of hydrogen-bond donors (Lipinski definition) is 2. The van der Waals surface area contributed by atoms with E-state index in [2.05, 4.69) is 6.92 Å². The molecule has 7 heteroatoms. The largest absolute Gasteiger partial charge is 0.397 e. The van der Waals surface area contributed by atoms with Crippen molar-refractivity contribution in [1.82, 2.24) is 0 Å². The average molecular weight is 380 g/mol. The molecule has 0 spiro atoms. The smallest absolute Gasteiger partial charge is 0.370 e. The summed E-state index contributed by atoms with van der Waals surface area (Å²) in [6.07, 6.45) is 14.1. The lowest BCUT2D eigenvalue weighted by atomic mass is 10.0. The van der Waals surface area contributed by atoms with Crippen LogP contribution in [0.2, 0.25) is 0 Å². The van der Waals surface area contributed by atoms with E-state index >= 15 is 0 Å². The third-order valence-electron chi connectivity index (χ3n) is 4.34. The minimum absolute atomic E-state index is 0.226. The Morgan fingerprint density at radius 1 is 0.880 bits per heavy atom. The highest BCUT2D eigenvalue weighted by molar-refractivity contribution is 7.80. The molecule has 0 aliphatic heterocycles. The van der Waals surface area contributed by atoms with Gasteiger partial charge in [-0.1, -0.05) is 77.6 Å². The van der Waals surface area contributed by atoms with Crippen molar-refractivity contribution in [3.05, 3.63) is 0 Å². The van der Waals surface area contributed by atoms with Gasteiger partial charge in [-0.05, 0) is 19.3 Å². The van der Waals surface area contributed by atoms with Gasteiger partial charge in [0.25, 0.3) is 0 Å². The van der Waals surface area contributed by atoms with E-state index in [4.69, 9.17) is 14.5 Å². The number of amides is 1. The van der Waals surface area contributed by atoms with Crippen LogP contribution in [-0.2, 0) is 19.4 Å². The normalized spacial score (nSPS) is 13.0. The highest BCUT2D eigenvalue weighted by atomic mass is 32.3. The molecule has 0 aromatic rings. The maximum Gasteiger partial charge on any atom is 0.397 e. The molecule has 1 atom stereocenters. The van der Waals surface area contributed by atoms with Crippen molar-refractivity contribution < 1.29 is 21.9 Å². The van der Waals surface area contributed by atoms with Crippen molar-refractivity contribution in [2.45, 2.75) is 109 Å². The first-order valence-corrected chi connectivity index (χ1v) is 11.2. The number of hydrogen-bond acceptors (Lipinski definition) is 4. The van der Waals surface area contributed by atoms with Crippen molar-refractivity contribution in [2.75, 3.05) is 0 Å². The fraction of sp³-hybridized carbons (Fsp3) is 0.944. The van der Waals surface area contributed by atoms with Crippen LogP contribution in [0.25, 0.3) is 0 Å². The van der Waals surface area contributed by atoms with Crippen molar-refractivity contribution in [1.29, 1.82) is 0 Å². The lowest BCUT2D eigenvalue weighted by Gasteiger charge is -2.15. The number of carbonyl (C=O) groups is 1. The van der Waals surface area contributed by atoms with Crippen molar-refractivity contribution in [3.63, 3.8) is 0 Å². The molecule has 1 amide bonds. The van der Waals surface area contributed by atoms with Crippen LogP contribution in [-0.4, -0.2) is 25.0 Å². The Morgan fingerprint density at radius 3 is 1.76 bits per heavy atom. The van der Waals surface area contributed by atoms with Gasteiger partial charge in [0.05, 0.1) is 6.10 Å². The molecule has 0 aromatic carbocycles. The third kappa shape index (κ3) is 19.5. The Labute approximate surface area is 153 Å². The van der Waals surface area contributed by atoms with Crippen LogP contribution in [0.3, 0.4) is 0 Å². The molecule has 3 N–H and O–H groups in total. The molecular weight excluding hydrogens is 342 g/mol. The Balaban J connectivity index is 3.70. The summed E-state index contributed by atoms with van der Waals surface area (Å²) in [5.41, 5.74) is 5.09. The van der Waals surface area contributed by atoms with Gasteiger partial charge < -0.3 is 5.73 Å². The molecule has 0 aliphatic rings. The molecule has 0 rings (SSSR count). The van der Waals surface area contributed by atoms with Gasteiger partial charge in [0.15, 0.2) is 0 Å². The van der Waals surface area contributed by atoms with Crippen LogP contribution in [0.4, 0.5) is 0 Å². The second-order valence-electron chi connectivity index (χ2n) is 6.83. The van der Waals surface area contributed by atoms with E-state index in [0.29, 0.717) is 19.3 Å². The highest BCUT2D eigenvalue weighted by Gasteiger charge is 2.16. The van der Waals surface area contributed by atoms with E-state index < -0.39 is 16.5 Å². The standard InChI is InChI=1S/C18H37NO5S/c1-2-3-4-11-14-17(24-25(21,22)23)15-12-9-7-5-6-8-10-13-16-18(19)20/h17H,2-16H2,1H3,(H2,19,20)(H,21,22,23). The first-order chi connectivity index (χ1) is 11.8. The van der Waals surface area contributed by atoms with Crippen molar-refractivity contribution in [3.8, 4) is 0 Å². The molecule has 0 saturated heterocycles. The van der Waals surface area contributed by atoms with Crippen LogP contribution in [0.5, 0.6) is 0 Å². The van der Waals surface area contributed by atoms with Gasteiger partial charge >= 0.3 is 10.4 Å². The zero-order valence-electron chi connectivity index (χ0n) is 15.7. The summed E-state index contributed by atoms with van der Waals surface area (Å²) in [5, 5.41) is 0. The zero-order valence-corrected chi connectivity index (χ0v) is 16.6. The SMILES string of the molecule is CCCCCCC(CCCCCCCCCCC(N)=O)OS(=O)(=O)O. The van der Waals surface area contributed by atoms with Gasteiger partial charge in [-0.25, -0.2) is 4.18 Å². The van der Waals surface area contributed by atoms with Gasteiger partial charge in [-0.3, -0.25) is 9.35 Å². The Hall–Kier alpha value is -0.660. The molecule has 0 fully saturated rings. The highest BCUT2D eigenvalue weighted by Crippen LogP contribution is 2.17. The lowest BCUT2D eigenvalue weighted by Crippen LogP contribution is -2.18. The summed E-state index contributed by atoms with van der Waals surface area (Å²) >= 11 is 0. The van der Waals surface area contributed by atoms with Gasteiger partial charge in [0.2, 0.25) is 5.91 Å². The average Bonchev–Trinajstić information content (AvgIpc) is 2.51. The van der Waals surface area contributed by atoms with Crippen molar-refractivity contribution in [2.24, 2.45) is 5.73 Å². The molecule has 0 bridgehead atoms. The second kappa shape index (κ2) is 15.6. The number of primary amides is 1. The van der Waals surface area contributed by atoms with Crippen LogP contribution in [0.15, 0.2) is 0 Å². The quantitative estimate of drug-likeness (QED) is 0.269. The number of carbonyl (C=O) groups excluding carboxylic acids is 1. The van der Waals surface area contributed by atoms with E-state index in [9.17, 15) is 13.2 Å².